The monoisotopic (exact) mass is 238 g/mol. The smallest absolute Gasteiger partial charge is 0.0125 e. The minimum atomic E-state index is 0.365. The molecule has 0 aromatic carbocycles. The number of hydrogen-bond donors (Lipinski definition) is 0. The molecular formula is C15H30N2. The lowest BCUT2D eigenvalue weighted by atomic mass is 9.97. The first kappa shape index (κ1) is 13.4. The first-order valence-electron chi connectivity index (χ1n) is 7.56. The SMILES string of the molecule is CC(C)(C)N1CCC(N2CCCCCC2)CC1. The van der Waals surface area contributed by atoms with E-state index in [0.29, 0.717) is 5.54 Å². The Morgan fingerprint density at radius 3 is 1.76 bits per heavy atom. The number of nitrogens with zero attached hydrogens (tertiary/aromatic N) is 2. The summed E-state index contributed by atoms with van der Waals surface area (Å²) in [6.07, 6.45) is 8.54. The predicted molar refractivity (Wildman–Crippen MR) is 74.4 cm³/mol. The number of rotatable bonds is 1. The lowest BCUT2D eigenvalue weighted by molar-refractivity contribution is 0.0576. The van der Waals surface area contributed by atoms with Crippen LogP contribution in [0.5, 0.6) is 0 Å². The van der Waals surface area contributed by atoms with Gasteiger partial charge < -0.3 is 4.90 Å². The van der Waals surface area contributed by atoms with Crippen molar-refractivity contribution in [3.63, 3.8) is 0 Å². The summed E-state index contributed by atoms with van der Waals surface area (Å²) in [7, 11) is 0. The normalized spacial score (nSPS) is 27.0. The second-order valence-corrected chi connectivity index (χ2v) is 6.84. The Labute approximate surface area is 107 Å². The Morgan fingerprint density at radius 1 is 0.765 bits per heavy atom. The van der Waals surface area contributed by atoms with Gasteiger partial charge in [-0.3, -0.25) is 4.90 Å². The van der Waals surface area contributed by atoms with Crippen molar-refractivity contribution in [1.29, 1.82) is 0 Å². The summed E-state index contributed by atoms with van der Waals surface area (Å²) in [4.78, 5) is 5.44. The van der Waals surface area contributed by atoms with Gasteiger partial charge in [0.1, 0.15) is 0 Å². The molecule has 0 aromatic heterocycles. The van der Waals surface area contributed by atoms with Crippen LogP contribution in [-0.2, 0) is 0 Å². The van der Waals surface area contributed by atoms with Crippen molar-refractivity contribution >= 4 is 0 Å². The Kier molecular flexibility index (Phi) is 4.48. The van der Waals surface area contributed by atoms with E-state index in [1.54, 1.807) is 0 Å². The van der Waals surface area contributed by atoms with Crippen molar-refractivity contribution in [2.24, 2.45) is 0 Å². The van der Waals surface area contributed by atoms with Crippen LogP contribution in [0.25, 0.3) is 0 Å². The van der Waals surface area contributed by atoms with Gasteiger partial charge in [0.2, 0.25) is 0 Å². The molecule has 0 unspecified atom stereocenters. The zero-order valence-electron chi connectivity index (χ0n) is 12.0. The van der Waals surface area contributed by atoms with Gasteiger partial charge in [0.25, 0.3) is 0 Å². The van der Waals surface area contributed by atoms with Crippen molar-refractivity contribution in [2.45, 2.75) is 70.9 Å². The summed E-state index contributed by atoms with van der Waals surface area (Å²) in [5.74, 6) is 0. The Balaban J connectivity index is 1.81. The second kappa shape index (κ2) is 5.71. The second-order valence-electron chi connectivity index (χ2n) is 6.84. The van der Waals surface area contributed by atoms with Gasteiger partial charge in [0.15, 0.2) is 0 Å². The van der Waals surface area contributed by atoms with E-state index in [4.69, 9.17) is 0 Å². The molecule has 0 amide bonds. The molecule has 2 fully saturated rings. The molecule has 0 aliphatic carbocycles. The van der Waals surface area contributed by atoms with E-state index in [1.807, 2.05) is 0 Å². The molecule has 0 saturated carbocycles. The molecule has 100 valence electrons. The van der Waals surface area contributed by atoms with Crippen molar-refractivity contribution in [2.75, 3.05) is 26.2 Å². The topological polar surface area (TPSA) is 6.48 Å². The molecule has 2 heterocycles. The van der Waals surface area contributed by atoms with Crippen molar-refractivity contribution in [3.8, 4) is 0 Å². The highest BCUT2D eigenvalue weighted by Gasteiger charge is 2.29. The molecule has 0 atom stereocenters. The highest BCUT2D eigenvalue weighted by atomic mass is 15.2. The summed E-state index contributed by atoms with van der Waals surface area (Å²) >= 11 is 0. The first-order valence-corrected chi connectivity index (χ1v) is 7.56. The van der Waals surface area contributed by atoms with Crippen LogP contribution in [0.4, 0.5) is 0 Å². The van der Waals surface area contributed by atoms with Gasteiger partial charge in [-0.15, -0.1) is 0 Å². The molecule has 2 heteroatoms. The van der Waals surface area contributed by atoms with Crippen molar-refractivity contribution in [1.82, 2.24) is 9.80 Å². The number of likely N-dealkylation sites (tertiary alicyclic amines) is 2. The molecule has 0 bridgehead atoms. The third kappa shape index (κ3) is 3.69. The van der Waals surface area contributed by atoms with Gasteiger partial charge in [0, 0.05) is 24.7 Å². The molecule has 0 radical (unpaired) electrons. The summed E-state index contributed by atoms with van der Waals surface area (Å²) in [6.45, 7) is 12.4. The van der Waals surface area contributed by atoms with Crippen LogP contribution in [0.15, 0.2) is 0 Å². The van der Waals surface area contributed by atoms with E-state index in [1.165, 1.54) is 64.7 Å². The first-order chi connectivity index (χ1) is 8.07. The highest BCUT2D eigenvalue weighted by Crippen LogP contribution is 2.24. The molecule has 17 heavy (non-hydrogen) atoms. The van der Waals surface area contributed by atoms with Gasteiger partial charge >= 0.3 is 0 Å². The van der Waals surface area contributed by atoms with Gasteiger partial charge in [-0.2, -0.15) is 0 Å². The molecule has 2 aliphatic heterocycles. The van der Waals surface area contributed by atoms with Crippen LogP contribution in [-0.4, -0.2) is 47.6 Å². The van der Waals surface area contributed by atoms with E-state index in [-0.39, 0.29) is 0 Å². The van der Waals surface area contributed by atoms with E-state index >= 15 is 0 Å². The number of piperidine rings is 1. The van der Waals surface area contributed by atoms with Crippen LogP contribution < -0.4 is 0 Å². The standard InChI is InChI=1S/C15H30N2/c1-15(2,3)17-12-8-14(9-13-17)16-10-6-4-5-7-11-16/h14H,4-13H2,1-3H3. The summed E-state index contributed by atoms with van der Waals surface area (Å²) in [5, 5.41) is 0. The highest BCUT2D eigenvalue weighted by molar-refractivity contribution is 4.86. The summed E-state index contributed by atoms with van der Waals surface area (Å²) in [5.41, 5.74) is 0.365. The summed E-state index contributed by atoms with van der Waals surface area (Å²) in [6, 6.07) is 0.881. The molecule has 0 N–H and O–H groups in total. The average Bonchev–Trinajstić information content (AvgIpc) is 2.56. The predicted octanol–water partition coefficient (Wildman–Crippen LogP) is 3.13. The maximum absolute atomic E-state index is 2.78. The lowest BCUT2D eigenvalue weighted by Gasteiger charge is -2.43. The van der Waals surface area contributed by atoms with E-state index in [9.17, 15) is 0 Å². The van der Waals surface area contributed by atoms with Crippen molar-refractivity contribution < 1.29 is 0 Å². The average molecular weight is 238 g/mol. The van der Waals surface area contributed by atoms with Gasteiger partial charge in [-0.05, 0) is 59.5 Å². The van der Waals surface area contributed by atoms with Gasteiger partial charge in [-0.1, -0.05) is 12.8 Å². The molecule has 2 nitrogen and oxygen atoms in total. The molecule has 2 rings (SSSR count). The third-order valence-corrected chi connectivity index (χ3v) is 4.57. The van der Waals surface area contributed by atoms with Crippen LogP contribution in [0.1, 0.15) is 59.3 Å². The Bertz CT molecular complexity index is 216. The fourth-order valence-electron chi connectivity index (χ4n) is 3.36. The fourth-order valence-corrected chi connectivity index (χ4v) is 3.36. The van der Waals surface area contributed by atoms with Crippen LogP contribution >= 0.6 is 0 Å². The maximum Gasteiger partial charge on any atom is 0.0125 e. The molecular weight excluding hydrogens is 208 g/mol. The molecule has 0 aromatic rings. The Hall–Kier alpha value is -0.0800. The van der Waals surface area contributed by atoms with Gasteiger partial charge in [-0.25, -0.2) is 0 Å². The fraction of sp³-hybridized carbons (Fsp3) is 1.00. The zero-order chi connectivity index (χ0) is 12.3. The largest absolute Gasteiger partial charge is 0.300 e. The van der Waals surface area contributed by atoms with E-state index in [0.717, 1.165) is 6.04 Å². The van der Waals surface area contributed by atoms with E-state index in [2.05, 4.69) is 30.6 Å². The molecule has 2 saturated heterocycles. The van der Waals surface area contributed by atoms with Gasteiger partial charge in [0.05, 0.1) is 0 Å². The molecule has 0 spiro atoms. The quantitative estimate of drug-likeness (QED) is 0.692. The van der Waals surface area contributed by atoms with Crippen LogP contribution in [0.3, 0.4) is 0 Å². The zero-order valence-corrected chi connectivity index (χ0v) is 12.0. The molecule has 2 aliphatic rings. The Morgan fingerprint density at radius 2 is 1.29 bits per heavy atom. The minimum Gasteiger partial charge on any atom is -0.300 e. The third-order valence-electron chi connectivity index (χ3n) is 4.57. The summed E-state index contributed by atoms with van der Waals surface area (Å²) < 4.78 is 0. The lowest BCUT2D eigenvalue weighted by Crippen LogP contribution is -2.51. The minimum absolute atomic E-state index is 0.365. The van der Waals surface area contributed by atoms with Crippen LogP contribution in [0.2, 0.25) is 0 Å². The van der Waals surface area contributed by atoms with Crippen LogP contribution in [0, 0.1) is 0 Å². The maximum atomic E-state index is 2.78. The van der Waals surface area contributed by atoms with E-state index < -0.39 is 0 Å². The number of hydrogen-bond acceptors (Lipinski definition) is 2. The van der Waals surface area contributed by atoms with Crippen molar-refractivity contribution in [3.05, 3.63) is 0 Å².